The zero-order valence-electron chi connectivity index (χ0n) is 11.1. The molecule has 0 amide bonds. The summed E-state index contributed by atoms with van der Waals surface area (Å²) in [6.07, 6.45) is 4.24. The third-order valence-electron chi connectivity index (χ3n) is 3.55. The zero-order chi connectivity index (χ0) is 13.7. The van der Waals surface area contributed by atoms with Gasteiger partial charge in [-0.1, -0.05) is 6.92 Å². The molecule has 98 valence electrons. The standard InChI is InChI=1S/C14H17N5/c1-2-13(10-16)18-5-7-19(8-6-18)14-11-17-4-3-12(14)9-15/h3-4,11,13H,2,5-8H2,1H3. The Balaban J connectivity index is 2.05. The predicted octanol–water partition coefficient (Wildman–Crippen LogP) is 1.38. The van der Waals surface area contributed by atoms with E-state index >= 15 is 0 Å². The number of piperazine rings is 1. The fourth-order valence-corrected chi connectivity index (χ4v) is 2.44. The summed E-state index contributed by atoms with van der Waals surface area (Å²) in [6.45, 7) is 5.41. The highest BCUT2D eigenvalue weighted by Crippen LogP contribution is 2.20. The van der Waals surface area contributed by atoms with E-state index in [0.29, 0.717) is 5.56 Å². The van der Waals surface area contributed by atoms with Crippen molar-refractivity contribution >= 4 is 5.69 Å². The van der Waals surface area contributed by atoms with Crippen LogP contribution in [0.2, 0.25) is 0 Å². The van der Waals surface area contributed by atoms with Gasteiger partial charge in [-0.25, -0.2) is 0 Å². The molecule has 1 aromatic rings. The molecule has 5 heteroatoms. The van der Waals surface area contributed by atoms with Gasteiger partial charge in [0.1, 0.15) is 6.07 Å². The van der Waals surface area contributed by atoms with Crippen molar-refractivity contribution < 1.29 is 0 Å². The van der Waals surface area contributed by atoms with E-state index in [4.69, 9.17) is 10.5 Å². The van der Waals surface area contributed by atoms with Crippen molar-refractivity contribution in [1.82, 2.24) is 9.88 Å². The van der Waals surface area contributed by atoms with Crippen molar-refractivity contribution in [2.24, 2.45) is 0 Å². The highest BCUT2D eigenvalue weighted by molar-refractivity contribution is 5.57. The number of anilines is 1. The van der Waals surface area contributed by atoms with Gasteiger partial charge in [0.25, 0.3) is 0 Å². The van der Waals surface area contributed by atoms with E-state index in [0.717, 1.165) is 38.3 Å². The minimum atomic E-state index is 0.00601. The zero-order valence-corrected chi connectivity index (χ0v) is 11.1. The van der Waals surface area contributed by atoms with Gasteiger partial charge in [-0.3, -0.25) is 9.88 Å². The predicted molar refractivity (Wildman–Crippen MR) is 72.4 cm³/mol. The highest BCUT2D eigenvalue weighted by Gasteiger charge is 2.23. The molecule has 1 saturated heterocycles. The molecular weight excluding hydrogens is 238 g/mol. The van der Waals surface area contributed by atoms with Crippen LogP contribution in [0.5, 0.6) is 0 Å². The lowest BCUT2D eigenvalue weighted by Crippen LogP contribution is -2.50. The summed E-state index contributed by atoms with van der Waals surface area (Å²) in [5.74, 6) is 0. The van der Waals surface area contributed by atoms with Crippen LogP contribution in [0.4, 0.5) is 5.69 Å². The second-order valence-corrected chi connectivity index (χ2v) is 4.58. The maximum atomic E-state index is 9.11. The van der Waals surface area contributed by atoms with Gasteiger partial charge in [0.05, 0.1) is 29.6 Å². The molecule has 1 aliphatic heterocycles. The van der Waals surface area contributed by atoms with Crippen molar-refractivity contribution in [3.63, 3.8) is 0 Å². The number of nitrogens with zero attached hydrogens (tertiary/aromatic N) is 5. The summed E-state index contributed by atoms with van der Waals surface area (Å²) in [4.78, 5) is 8.48. The van der Waals surface area contributed by atoms with Crippen molar-refractivity contribution in [3.8, 4) is 12.1 Å². The van der Waals surface area contributed by atoms with Crippen molar-refractivity contribution in [1.29, 1.82) is 10.5 Å². The lowest BCUT2D eigenvalue weighted by Gasteiger charge is -2.37. The molecule has 0 radical (unpaired) electrons. The Kier molecular flexibility index (Phi) is 4.33. The molecule has 2 heterocycles. The van der Waals surface area contributed by atoms with Crippen LogP contribution in [0.25, 0.3) is 0 Å². The fourth-order valence-electron chi connectivity index (χ4n) is 2.44. The maximum absolute atomic E-state index is 9.11. The number of rotatable bonds is 3. The average Bonchev–Trinajstić information content (AvgIpc) is 2.49. The summed E-state index contributed by atoms with van der Waals surface area (Å²) in [6, 6.07) is 6.29. The summed E-state index contributed by atoms with van der Waals surface area (Å²) in [7, 11) is 0. The van der Waals surface area contributed by atoms with Crippen LogP contribution in [0.3, 0.4) is 0 Å². The molecule has 1 aliphatic rings. The number of nitriles is 2. The third-order valence-corrected chi connectivity index (χ3v) is 3.55. The number of hydrogen-bond acceptors (Lipinski definition) is 5. The van der Waals surface area contributed by atoms with Gasteiger partial charge in [0.2, 0.25) is 0 Å². The Hall–Kier alpha value is -2.11. The summed E-state index contributed by atoms with van der Waals surface area (Å²) >= 11 is 0. The molecule has 1 fully saturated rings. The van der Waals surface area contributed by atoms with E-state index in [1.54, 1.807) is 18.5 Å². The second kappa shape index (κ2) is 6.17. The second-order valence-electron chi connectivity index (χ2n) is 4.58. The van der Waals surface area contributed by atoms with Gasteiger partial charge < -0.3 is 4.90 Å². The largest absolute Gasteiger partial charge is 0.367 e. The quantitative estimate of drug-likeness (QED) is 0.816. The first-order chi connectivity index (χ1) is 9.30. The molecule has 5 nitrogen and oxygen atoms in total. The maximum Gasteiger partial charge on any atom is 0.101 e. The minimum absolute atomic E-state index is 0.00601. The van der Waals surface area contributed by atoms with E-state index in [9.17, 15) is 0 Å². The number of pyridine rings is 1. The van der Waals surface area contributed by atoms with E-state index in [1.807, 2.05) is 6.92 Å². The molecule has 1 unspecified atom stereocenters. The fraction of sp³-hybridized carbons (Fsp3) is 0.500. The number of hydrogen-bond donors (Lipinski definition) is 0. The highest BCUT2D eigenvalue weighted by atomic mass is 15.3. The van der Waals surface area contributed by atoms with Crippen LogP contribution in [-0.4, -0.2) is 42.1 Å². The first kappa shape index (κ1) is 13.3. The molecule has 0 bridgehead atoms. The van der Waals surface area contributed by atoms with Crippen LogP contribution in [0.1, 0.15) is 18.9 Å². The summed E-state index contributed by atoms with van der Waals surface area (Å²) in [5, 5.41) is 18.2. The van der Waals surface area contributed by atoms with Gasteiger partial charge >= 0.3 is 0 Å². The molecular formula is C14H17N5. The molecule has 1 atom stereocenters. The molecule has 0 aromatic carbocycles. The van der Waals surface area contributed by atoms with Gasteiger partial charge in [-0.05, 0) is 12.5 Å². The summed E-state index contributed by atoms with van der Waals surface area (Å²) in [5.41, 5.74) is 1.56. The van der Waals surface area contributed by atoms with Gasteiger partial charge in [-0.2, -0.15) is 10.5 Å². The first-order valence-corrected chi connectivity index (χ1v) is 6.53. The van der Waals surface area contributed by atoms with Crippen LogP contribution in [0.15, 0.2) is 18.5 Å². The van der Waals surface area contributed by atoms with Crippen molar-refractivity contribution in [2.75, 3.05) is 31.1 Å². The molecule has 0 spiro atoms. The van der Waals surface area contributed by atoms with Crippen LogP contribution >= 0.6 is 0 Å². The lowest BCUT2D eigenvalue weighted by molar-refractivity contribution is 0.216. The van der Waals surface area contributed by atoms with E-state index in [1.165, 1.54) is 0 Å². The average molecular weight is 255 g/mol. The monoisotopic (exact) mass is 255 g/mol. The van der Waals surface area contributed by atoms with Crippen LogP contribution in [-0.2, 0) is 0 Å². The smallest absolute Gasteiger partial charge is 0.101 e. The Bertz CT molecular complexity index is 505. The van der Waals surface area contributed by atoms with Crippen molar-refractivity contribution in [3.05, 3.63) is 24.0 Å². The first-order valence-electron chi connectivity index (χ1n) is 6.53. The normalized spacial score (nSPS) is 17.5. The molecule has 0 N–H and O–H groups in total. The van der Waals surface area contributed by atoms with E-state index in [-0.39, 0.29) is 6.04 Å². The molecule has 1 aromatic heterocycles. The van der Waals surface area contributed by atoms with Crippen molar-refractivity contribution in [2.45, 2.75) is 19.4 Å². The minimum Gasteiger partial charge on any atom is -0.367 e. The van der Waals surface area contributed by atoms with E-state index in [2.05, 4.69) is 26.9 Å². The molecule has 19 heavy (non-hydrogen) atoms. The Morgan fingerprint density at radius 1 is 1.32 bits per heavy atom. The number of aromatic nitrogens is 1. The van der Waals surface area contributed by atoms with E-state index < -0.39 is 0 Å². The Morgan fingerprint density at radius 3 is 2.63 bits per heavy atom. The van der Waals surface area contributed by atoms with Crippen LogP contribution < -0.4 is 4.90 Å². The molecule has 2 rings (SSSR count). The van der Waals surface area contributed by atoms with Gasteiger partial charge in [0.15, 0.2) is 0 Å². The molecule has 0 saturated carbocycles. The van der Waals surface area contributed by atoms with Crippen LogP contribution in [0, 0.1) is 22.7 Å². The Labute approximate surface area is 113 Å². The third kappa shape index (κ3) is 2.83. The summed E-state index contributed by atoms with van der Waals surface area (Å²) < 4.78 is 0. The van der Waals surface area contributed by atoms with Gasteiger partial charge in [0, 0.05) is 32.4 Å². The Morgan fingerprint density at radius 2 is 2.05 bits per heavy atom. The molecule has 0 aliphatic carbocycles. The van der Waals surface area contributed by atoms with Gasteiger partial charge in [-0.15, -0.1) is 0 Å². The SMILES string of the molecule is CCC(C#N)N1CCN(c2cnccc2C#N)CC1. The topological polar surface area (TPSA) is 67.0 Å². The lowest BCUT2D eigenvalue weighted by atomic mass is 10.1.